The normalized spacial score (nSPS) is 32.6. The second kappa shape index (κ2) is 7.29. The van der Waals surface area contributed by atoms with Crippen LogP contribution in [0.5, 0.6) is 0 Å². The van der Waals surface area contributed by atoms with Crippen molar-refractivity contribution in [1.82, 2.24) is 10.0 Å². The number of piperidine rings is 1. The van der Waals surface area contributed by atoms with Crippen LogP contribution in [0.15, 0.2) is 0 Å². The zero-order valence-electron chi connectivity index (χ0n) is 11.7. The lowest BCUT2D eigenvalue weighted by molar-refractivity contribution is 0.421. The van der Waals surface area contributed by atoms with E-state index in [1.807, 2.05) is 11.8 Å². The van der Waals surface area contributed by atoms with Crippen LogP contribution in [-0.4, -0.2) is 43.8 Å². The molecule has 4 nitrogen and oxygen atoms in total. The van der Waals surface area contributed by atoms with Crippen molar-refractivity contribution in [3.8, 4) is 0 Å². The molecule has 1 saturated carbocycles. The second-order valence-electron chi connectivity index (χ2n) is 5.63. The summed E-state index contributed by atoms with van der Waals surface area (Å²) in [5.74, 6) is 1.37. The first kappa shape index (κ1) is 15.6. The average Bonchev–Trinajstić information content (AvgIpc) is 2.77. The van der Waals surface area contributed by atoms with Gasteiger partial charge in [-0.05, 0) is 44.4 Å². The summed E-state index contributed by atoms with van der Waals surface area (Å²) >= 11 is 1.96. The molecule has 112 valence electrons. The predicted molar refractivity (Wildman–Crippen MR) is 82.1 cm³/mol. The molecule has 1 heterocycles. The average molecular weight is 306 g/mol. The Balaban J connectivity index is 1.77. The molecule has 0 radical (unpaired) electrons. The van der Waals surface area contributed by atoms with Crippen LogP contribution < -0.4 is 10.0 Å². The lowest BCUT2D eigenvalue weighted by atomic mass is 10.1. The van der Waals surface area contributed by atoms with Crippen LogP contribution in [-0.2, 0) is 10.0 Å². The van der Waals surface area contributed by atoms with Crippen LogP contribution >= 0.6 is 11.8 Å². The van der Waals surface area contributed by atoms with Crippen molar-refractivity contribution < 1.29 is 8.42 Å². The van der Waals surface area contributed by atoms with Gasteiger partial charge in [0.15, 0.2) is 0 Å². The van der Waals surface area contributed by atoms with Crippen LogP contribution in [0.4, 0.5) is 0 Å². The first-order chi connectivity index (χ1) is 9.09. The summed E-state index contributed by atoms with van der Waals surface area (Å²) in [6.45, 7) is 3.12. The molecule has 0 amide bonds. The summed E-state index contributed by atoms with van der Waals surface area (Å²) < 4.78 is 27.2. The van der Waals surface area contributed by atoms with Crippen molar-refractivity contribution >= 4 is 21.8 Å². The van der Waals surface area contributed by atoms with Crippen molar-refractivity contribution in [3.63, 3.8) is 0 Å². The third kappa shape index (κ3) is 5.25. The van der Waals surface area contributed by atoms with Gasteiger partial charge in [-0.25, -0.2) is 13.1 Å². The molecule has 19 heavy (non-hydrogen) atoms. The molecule has 3 atom stereocenters. The maximum absolute atomic E-state index is 12.2. The zero-order chi connectivity index (χ0) is 13.7. The fraction of sp³-hybridized carbons (Fsp3) is 1.00. The molecule has 0 aromatic heterocycles. The second-order valence-corrected chi connectivity index (χ2v) is 9.01. The molecule has 2 fully saturated rings. The van der Waals surface area contributed by atoms with Gasteiger partial charge in [-0.3, -0.25) is 0 Å². The molecular weight excluding hydrogens is 280 g/mol. The Hall–Kier alpha value is 0.220. The highest BCUT2D eigenvalue weighted by molar-refractivity contribution is 7.99. The van der Waals surface area contributed by atoms with Gasteiger partial charge in [0.2, 0.25) is 10.0 Å². The van der Waals surface area contributed by atoms with E-state index in [1.54, 1.807) is 0 Å². The lowest BCUT2D eigenvalue weighted by Gasteiger charge is -2.24. The predicted octanol–water partition coefficient (Wildman–Crippen LogP) is 1.72. The van der Waals surface area contributed by atoms with E-state index < -0.39 is 10.0 Å². The molecule has 1 aliphatic carbocycles. The Morgan fingerprint density at radius 3 is 2.79 bits per heavy atom. The highest BCUT2D eigenvalue weighted by Crippen LogP contribution is 2.30. The Bertz CT molecular complexity index is 367. The van der Waals surface area contributed by atoms with E-state index >= 15 is 0 Å². The summed E-state index contributed by atoms with van der Waals surface area (Å²) in [6.07, 6.45) is 6.44. The summed E-state index contributed by atoms with van der Waals surface area (Å²) in [4.78, 5) is 0. The highest BCUT2D eigenvalue weighted by atomic mass is 32.2. The van der Waals surface area contributed by atoms with Crippen molar-refractivity contribution in [2.24, 2.45) is 0 Å². The molecule has 0 spiro atoms. The quantitative estimate of drug-likeness (QED) is 0.784. The van der Waals surface area contributed by atoms with Gasteiger partial charge in [0, 0.05) is 17.3 Å². The van der Waals surface area contributed by atoms with Gasteiger partial charge in [-0.1, -0.05) is 13.3 Å². The van der Waals surface area contributed by atoms with Gasteiger partial charge in [0.05, 0.1) is 5.75 Å². The van der Waals surface area contributed by atoms with Gasteiger partial charge in [-0.15, -0.1) is 0 Å². The van der Waals surface area contributed by atoms with E-state index in [-0.39, 0.29) is 17.8 Å². The van der Waals surface area contributed by atoms with Gasteiger partial charge >= 0.3 is 0 Å². The fourth-order valence-electron chi connectivity index (χ4n) is 3.07. The van der Waals surface area contributed by atoms with E-state index in [4.69, 9.17) is 0 Å². The molecular formula is C13H26N2O2S2. The van der Waals surface area contributed by atoms with Gasteiger partial charge < -0.3 is 5.32 Å². The summed E-state index contributed by atoms with van der Waals surface area (Å²) in [6, 6.07) is 0.311. The molecule has 0 bridgehead atoms. The zero-order valence-corrected chi connectivity index (χ0v) is 13.4. The number of rotatable bonds is 6. The van der Waals surface area contributed by atoms with E-state index in [1.165, 1.54) is 6.42 Å². The van der Waals surface area contributed by atoms with Crippen molar-refractivity contribution in [3.05, 3.63) is 0 Å². The van der Waals surface area contributed by atoms with Gasteiger partial charge in [0.1, 0.15) is 0 Å². The Labute approximate surface area is 121 Å². The molecule has 0 aromatic rings. The third-order valence-electron chi connectivity index (χ3n) is 3.97. The number of thioether (sulfide) groups is 1. The molecule has 2 N–H and O–H groups in total. The number of sulfonamides is 1. The van der Waals surface area contributed by atoms with Gasteiger partial charge in [-0.2, -0.15) is 11.8 Å². The SMILES string of the molecule is CCSC1CCC(NS(=O)(=O)CC2CCCCN2)C1. The first-order valence-electron chi connectivity index (χ1n) is 7.44. The number of hydrogen-bond acceptors (Lipinski definition) is 4. The van der Waals surface area contributed by atoms with E-state index in [9.17, 15) is 8.42 Å². The van der Waals surface area contributed by atoms with Crippen molar-refractivity contribution in [1.29, 1.82) is 0 Å². The van der Waals surface area contributed by atoms with Crippen LogP contribution in [0.3, 0.4) is 0 Å². The minimum absolute atomic E-state index is 0.147. The lowest BCUT2D eigenvalue weighted by Crippen LogP contribution is -2.44. The summed E-state index contributed by atoms with van der Waals surface area (Å²) in [7, 11) is -3.12. The van der Waals surface area contributed by atoms with Crippen molar-refractivity contribution in [2.45, 2.75) is 62.8 Å². The van der Waals surface area contributed by atoms with Crippen LogP contribution in [0.1, 0.15) is 45.4 Å². The largest absolute Gasteiger partial charge is 0.313 e. The fourth-order valence-corrected chi connectivity index (χ4v) is 5.84. The highest BCUT2D eigenvalue weighted by Gasteiger charge is 2.29. The van der Waals surface area contributed by atoms with E-state index in [2.05, 4.69) is 17.0 Å². The molecule has 6 heteroatoms. The minimum atomic E-state index is -3.12. The van der Waals surface area contributed by atoms with Crippen LogP contribution in [0.2, 0.25) is 0 Å². The third-order valence-corrected chi connectivity index (χ3v) is 6.73. The van der Waals surface area contributed by atoms with Crippen LogP contribution in [0, 0.1) is 0 Å². The molecule has 1 aliphatic heterocycles. The summed E-state index contributed by atoms with van der Waals surface area (Å²) in [5, 5.41) is 3.95. The number of hydrogen-bond donors (Lipinski definition) is 2. The Morgan fingerprint density at radius 1 is 1.26 bits per heavy atom. The smallest absolute Gasteiger partial charge is 0.213 e. The Morgan fingerprint density at radius 2 is 2.11 bits per heavy atom. The Kier molecular flexibility index (Phi) is 5.99. The molecule has 3 unspecified atom stereocenters. The summed E-state index contributed by atoms with van der Waals surface area (Å²) in [5.41, 5.74) is 0. The van der Waals surface area contributed by atoms with E-state index in [0.717, 1.165) is 44.4 Å². The maximum atomic E-state index is 12.2. The van der Waals surface area contributed by atoms with Crippen molar-refractivity contribution in [2.75, 3.05) is 18.1 Å². The van der Waals surface area contributed by atoms with Gasteiger partial charge in [0.25, 0.3) is 0 Å². The molecule has 2 rings (SSSR count). The van der Waals surface area contributed by atoms with E-state index in [0.29, 0.717) is 5.25 Å². The molecule has 1 saturated heterocycles. The van der Waals surface area contributed by atoms with Crippen LogP contribution in [0.25, 0.3) is 0 Å². The first-order valence-corrected chi connectivity index (χ1v) is 10.1. The molecule has 0 aromatic carbocycles. The number of nitrogens with one attached hydrogen (secondary N) is 2. The topological polar surface area (TPSA) is 58.2 Å². The molecule has 2 aliphatic rings. The monoisotopic (exact) mass is 306 g/mol. The minimum Gasteiger partial charge on any atom is -0.313 e. The standard InChI is InChI=1S/C13H26N2O2S2/c1-2-18-13-7-6-11(9-13)15-19(16,17)10-12-5-3-4-8-14-12/h11-15H,2-10H2,1H3. The maximum Gasteiger partial charge on any atom is 0.213 e.